The van der Waals surface area contributed by atoms with Crippen molar-refractivity contribution in [1.82, 2.24) is 4.90 Å². The maximum atomic E-state index is 12.1. The third-order valence-corrected chi connectivity index (χ3v) is 4.64. The van der Waals surface area contributed by atoms with Crippen molar-refractivity contribution in [2.24, 2.45) is 5.92 Å². The zero-order valence-corrected chi connectivity index (χ0v) is 17.0. The molecule has 0 bridgehead atoms. The standard InChI is InChI=1S/C20H30ClNO4/c1-20(2,3)26-19(23)22-9-7-15(8-10-22)13-16-5-6-17(21)18(14-16)25-12-11-24-4/h5-6,14-15H,7-13H2,1-4H3. The predicted molar refractivity (Wildman–Crippen MR) is 103 cm³/mol. The minimum absolute atomic E-state index is 0.212. The maximum absolute atomic E-state index is 12.1. The number of halogens is 1. The number of rotatable bonds is 6. The molecule has 1 heterocycles. The third kappa shape index (κ3) is 6.69. The molecule has 0 spiro atoms. The van der Waals surface area contributed by atoms with Crippen LogP contribution < -0.4 is 4.74 Å². The lowest BCUT2D eigenvalue weighted by Gasteiger charge is -2.33. The van der Waals surface area contributed by atoms with Crippen molar-refractivity contribution in [2.45, 2.75) is 45.6 Å². The number of likely N-dealkylation sites (tertiary alicyclic amines) is 1. The normalized spacial score (nSPS) is 15.8. The molecule has 1 saturated heterocycles. The first kappa shape index (κ1) is 20.8. The Balaban J connectivity index is 1.85. The number of amides is 1. The molecule has 0 radical (unpaired) electrons. The van der Waals surface area contributed by atoms with Crippen LogP contribution in [0.2, 0.25) is 5.02 Å². The first-order chi connectivity index (χ1) is 12.3. The van der Waals surface area contributed by atoms with E-state index in [1.54, 1.807) is 7.11 Å². The smallest absolute Gasteiger partial charge is 0.410 e. The van der Waals surface area contributed by atoms with Gasteiger partial charge in [-0.05, 0) is 63.6 Å². The van der Waals surface area contributed by atoms with Crippen LogP contribution in [0.1, 0.15) is 39.2 Å². The van der Waals surface area contributed by atoms with Gasteiger partial charge >= 0.3 is 6.09 Å². The van der Waals surface area contributed by atoms with Crippen LogP contribution in [0.15, 0.2) is 18.2 Å². The Kier molecular flexibility index (Phi) is 7.59. The molecule has 6 heteroatoms. The quantitative estimate of drug-likeness (QED) is 0.676. The highest BCUT2D eigenvalue weighted by molar-refractivity contribution is 6.32. The second kappa shape index (κ2) is 9.47. The number of methoxy groups -OCH3 is 1. The minimum Gasteiger partial charge on any atom is -0.490 e. The van der Waals surface area contributed by atoms with Gasteiger partial charge < -0.3 is 19.1 Å². The number of nitrogens with zero attached hydrogens (tertiary/aromatic N) is 1. The van der Waals surface area contributed by atoms with Crippen molar-refractivity contribution in [2.75, 3.05) is 33.4 Å². The van der Waals surface area contributed by atoms with Crippen LogP contribution in [0, 0.1) is 5.92 Å². The SMILES string of the molecule is COCCOc1cc(CC2CCN(C(=O)OC(C)(C)C)CC2)ccc1Cl. The number of piperidine rings is 1. The molecule has 1 fully saturated rings. The van der Waals surface area contributed by atoms with Crippen molar-refractivity contribution in [3.63, 3.8) is 0 Å². The highest BCUT2D eigenvalue weighted by atomic mass is 35.5. The number of benzene rings is 1. The molecule has 0 aromatic heterocycles. The van der Waals surface area contributed by atoms with Gasteiger partial charge in [0.05, 0.1) is 11.6 Å². The van der Waals surface area contributed by atoms with Gasteiger partial charge in [-0.25, -0.2) is 4.79 Å². The summed E-state index contributed by atoms with van der Waals surface area (Å²) in [6.45, 7) is 8.17. The maximum Gasteiger partial charge on any atom is 0.410 e. The first-order valence-corrected chi connectivity index (χ1v) is 9.54. The van der Waals surface area contributed by atoms with Crippen LogP contribution in [-0.4, -0.2) is 50.0 Å². The van der Waals surface area contributed by atoms with E-state index < -0.39 is 5.60 Å². The summed E-state index contributed by atoms with van der Waals surface area (Å²) in [6, 6.07) is 5.94. The van der Waals surface area contributed by atoms with Crippen LogP contribution >= 0.6 is 11.6 Å². The van der Waals surface area contributed by atoms with E-state index >= 15 is 0 Å². The fourth-order valence-electron chi connectivity index (χ4n) is 3.00. The lowest BCUT2D eigenvalue weighted by atomic mass is 9.90. The summed E-state index contributed by atoms with van der Waals surface area (Å²) in [7, 11) is 1.64. The lowest BCUT2D eigenvalue weighted by molar-refractivity contribution is 0.0184. The summed E-state index contributed by atoms with van der Waals surface area (Å²) in [6.07, 6.45) is 2.69. The number of carbonyl (C=O) groups is 1. The van der Waals surface area contributed by atoms with E-state index in [9.17, 15) is 4.79 Å². The van der Waals surface area contributed by atoms with Gasteiger partial charge in [0.1, 0.15) is 18.0 Å². The summed E-state index contributed by atoms with van der Waals surface area (Å²) in [5.74, 6) is 1.24. The van der Waals surface area contributed by atoms with Crippen LogP contribution in [0.4, 0.5) is 4.79 Å². The highest BCUT2D eigenvalue weighted by Crippen LogP contribution is 2.29. The van der Waals surface area contributed by atoms with E-state index in [0.29, 0.717) is 29.9 Å². The molecule has 1 aromatic carbocycles. The largest absolute Gasteiger partial charge is 0.490 e. The Hall–Kier alpha value is -1.46. The molecule has 1 aliphatic heterocycles. The molecule has 0 N–H and O–H groups in total. The van der Waals surface area contributed by atoms with Crippen molar-refractivity contribution < 1.29 is 19.0 Å². The van der Waals surface area contributed by atoms with Crippen LogP contribution in [0.3, 0.4) is 0 Å². The molecule has 0 atom stereocenters. The number of hydrogen-bond donors (Lipinski definition) is 0. The predicted octanol–water partition coefficient (Wildman–Crippen LogP) is 4.55. The second-order valence-electron chi connectivity index (χ2n) is 7.72. The number of hydrogen-bond acceptors (Lipinski definition) is 4. The Morgan fingerprint density at radius 3 is 2.54 bits per heavy atom. The molecular formula is C20H30ClNO4. The molecule has 1 amide bonds. The summed E-state index contributed by atoms with van der Waals surface area (Å²) in [5.41, 5.74) is 0.758. The van der Waals surface area contributed by atoms with Crippen LogP contribution in [0.5, 0.6) is 5.75 Å². The molecule has 0 unspecified atom stereocenters. The van der Waals surface area contributed by atoms with Crippen molar-refractivity contribution in [3.8, 4) is 5.75 Å². The minimum atomic E-state index is -0.448. The van der Waals surface area contributed by atoms with Gasteiger partial charge in [-0.1, -0.05) is 17.7 Å². The fourth-order valence-corrected chi connectivity index (χ4v) is 3.17. The van der Waals surface area contributed by atoms with Gasteiger partial charge in [0.15, 0.2) is 0 Å². The van der Waals surface area contributed by atoms with Crippen molar-refractivity contribution in [1.29, 1.82) is 0 Å². The number of ether oxygens (including phenoxy) is 3. The first-order valence-electron chi connectivity index (χ1n) is 9.16. The average molecular weight is 384 g/mol. The van der Waals surface area contributed by atoms with E-state index in [-0.39, 0.29) is 6.09 Å². The summed E-state index contributed by atoms with van der Waals surface area (Å²) in [4.78, 5) is 14.0. The molecule has 26 heavy (non-hydrogen) atoms. The van der Waals surface area contributed by atoms with Crippen LogP contribution in [0.25, 0.3) is 0 Å². The van der Waals surface area contributed by atoms with Crippen LogP contribution in [-0.2, 0) is 15.9 Å². The van der Waals surface area contributed by atoms with E-state index in [1.807, 2.05) is 43.9 Å². The van der Waals surface area contributed by atoms with Gasteiger partial charge in [-0.2, -0.15) is 0 Å². The Morgan fingerprint density at radius 2 is 1.92 bits per heavy atom. The van der Waals surface area contributed by atoms with Gasteiger partial charge in [0, 0.05) is 20.2 Å². The van der Waals surface area contributed by atoms with Gasteiger partial charge in [0.25, 0.3) is 0 Å². The fraction of sp³-hybridized carbons (Fsp3) is 0.650. The summed E-state index contributed by atoms with van der Waals surface area (Å²) >= 11 is 6.20. The molecule has 0 saturated carbocycles. The highest BCUT2D eigenvalue weighted by Gasteiger charge is 2.27. The van der Waals surface area contributed by atoms with E-state index in [2.05, 4.69) is 0 Å². The Morgan fingerprint density at radius 1 is 1.23 bits per heavy atom. The topological polar surface area (TPSA) is 48.0 Å². The van der Waals surface area contributed by atoms with Crippen molar-refractivity contribution >= 4 is 17.7 Å². The Bertz CT molecular complexity index is 592. The zero-order chi connectivity index (χ0) is 19.2. The van der Waals surface area contributed by atoms with Gasteiger partial charge in [0.2, 0.25) is 0 Å². The monoisotopic (exact) mass is 383 g/mol. The zero-order valence-electron chi connectivity index (χ0n) is 16.2. The number of carbonyl (C=O) groups excluding carboxylic acids is 1. The summed E-state index contributed by atoms with van der Waals surface area (Å²) < 4.78 is 16.1. The molecule has 1 aliphatic rings. The second-order valence-corrected chi connectivity index (χ2v) is 8.13. The molecule has 146 valence electrons. The van der Waals surface area contributed by atoms with Gasteiger partial charge in [-0.15, -0.1) is 0 Å². The molecule has 5 nitrogen and oxygen atoms in total. The van der Waals surface area contributed by atoms with E-state index in [0.717, 1.165) is 32.4 Å². The van der Waals surface area contributed by atoms with E-state index in [4.69, 9.17) is 25.8 Å². The third-order valence-electron chi connectivity index (χ3n) is 4.33. The Labute approximate surface area is 161 Å². The van der Waals surface area contributed by atoms with Crippen molar-refractivity contribution in [3.05, 3.63) is 28.8 Å². The molecule has 1 aromatic rings. The lowest BCUT2D eigenvalue weighted by Crippen LogP contribution is -2.42. The van der Waals surface area contributed by atoms with Gasteiger partial charge in [-0.3, -0.25) is 0 Å². The van der Waals surface area contributed by atoms with E-state index in [1.165, 1.54) is 5.56 Å². The summed E-state index contributed by atoms with van der Waals surface area (Å²) in [5, 5.41) is 0.615. The molecule has 2 rings (SSSR count). The molecule has 0 aliphatic carbocycles. The average Bonchev–Trinajstić information content (AvgIpc) is 2.57. The molecular weight excluding hydrogens is 354 g/mol.